The van der Waals surface area contributed by atoms with Crippen molar-refractivity contribution in [2.45, 2.75) is 45.1 Å². The van der Waals surface area contributed by atoms with Gasteiger partial charge in [0.05, 0.1) is 5.56 Å². The predicted molar refractivity (Wildman–Crippen MR) is 72.2 cm³/mol. The molecule has 4 nitrogen and oxygen atoms in total. The van der Waals surface area contributed by atoms with Gasteiger partial charge in [0.2, 0.25) is 0 Å². The second-order valence-electron chi connectivity index (χ2n) is 5.22. The molecule has 0 saturated heterocycles. The fraction of sp³-hybridized carbons (Fsp3) is 0.571. The van der Waals surface area contributed by atoms with E-state index in [1.165, 1.54) is 19.3 Å². The number of hydrogen-bond donors (Lipinski definition) is 2. The second-order valence-corrected chi connectivity index (χ2v) is 5.22. The van der Waals surface area contributed by atoms with Gasteiger partial charge in [-0.3, -0.25) is 4.79 Å². The van der Waals surface area contributed by atoms with Crippen LogP contribution in [0.15, 0.2) is 18.3 Å². The minimum atomic E-state index is -0.0971. The molecule has 1 saturated carbocycles. The lowest BCUT2D eigenvalue weighted by Crippen LogP contribution is -2.34. The lowest BCUT2D eigenvalue weighted by molar-refractivity contribution is 0.0933. The highest BCUT2D eigenvalue weighted by atomic mass is 16.1. The van der Waals surface area contributed by atoms with Crippen LogP contribution in [0.3, 0.4) is 0 Å². The Balaban J connectivity index is 1.97. The number of aromatic nitrogens is 1. The molecule has 2 unspecified atom stereocenters. The van der Waals surface area contributed by atoms with Gasteiger partial charge in [-0.2, -0.15) is 0 Å². The number of nitrogen functional groups attached to an aromatic ring is 1. The molecule has 1 heterocycles. The van der Waals surface area contributed by atoms with Crippen LogP contribution in [0.2, 0.25) is 0 Å². The summed E-state index contributed by atoms with van der Waals surface area (Å²) in [5, 5.41) is 3.08. The van der Waals surface area contributed by atoms with Crippen molar-refractivity contribution in [2.75, 3.05) is 5.73 Å². The third kappa shape index (κ3) is 3.22. The lowest BCUT2D eigenvalue weighted by Gasteiger charge is -2.16. The van der Waals surface area contributed by atoms with Crippen LogP contribution in [-0.4, -0.2) is 16.9 Å². The zero-order valence-corrected chi connectivity index (χ0v) is 10.9. The standard InChI is InChI=1S/C14H21N3O/c1-10-4-2-5-11(8-7-10)17-14(18)12-6-3-9-16-13(12)15/h3,6,9-11H,2,4-5,7-8H2,1H3,(H2,15,16)(H,17,18). The fourth-order valence-corrected chi connectivity index (χ4v) is 2.50. The van der Waals surface area contributed by atoms with Crippen LogP contribution in [0.1, 0.15) is 49.4 Å². The van der Waals surface area contributed by atoms with E-state index in [4.69, 9.17) is 5.73 Å². The molecule has 0 bridgehead atoms. The highest BCUT2D eigenvalue weighted by Gasteiger charge is 2.19. The van der Waals surface area contributed by atoms with Crippen molar-refractivity contribution in [1.82, 2.24) is 10.3 Å². The molecule has 0 spiro atoms. The smallest absolute Gasteiger partial charge is 0.255 e. The van der Waals surface area contributed by atoms with Crippen LogP contribution in [-0.2, 0) is 0 Å². The van der Waals surface area contributed by atoms with Gasteiger partial charge in [0, 0.05) is 12.2 Å². The topological polar surface area (TPSA) is 68.0 Å². The van der Waals surface area contributed by atoms with Gasteiger partial charge in [-0.15, -0.1) is 0 Å². The van der Waals surface area contributed by atoms with Crippen LogP contribution >= 0.6 is 0 Å². The van der Waals surface area contributed by atoms with E-state index in [-0.39, 0.29) is 11.9 Å². The molecule has 1 aliphatic carbocycles. The third-order valence-corrected chi connectivity index (χ3v) is 3.68. The summed E-state index contributed by atoms with van der Waals surface area (Å²) in [7, 11) is 0. The van der Waals surface area contributed by atoms with E-state index in [1.54, 1.807) is 18.3 Å². The summed E-state index contributed by atoms with van der Waals surface area (Å²) < 4.78 is 0. The van der Waals surface area contributed by atoms with Gasteiger partial charge in [-0.25, -0.2) is 4.98 Å². The molecule has 0 radical (unpaired) electrons. The number of rotatable bonds is 2. The highest BCUT2D eigenvalue weighted by Crippen LogP contribution is 2.23. The van der Waals surface area contributed by atoms with Crippen molar-refractivity contribution < 1.29 is 4.79 Å². The van der Waals surface area contributed by atoms with Crippen LogP contribution in [0.5, 0.6) is 0 Å². The number of nitrogens with zero attached hydrogens (tertiary/aromatic N) is 1. The Morgan fingerprint density at radius 2 is 2.22 bits per heavy atom. The Labute approximate surface area is 108 Å². The van der Waals surface area contributed by atoms with E-state index in [9.17, 15) is 4.79 Å². The van der Waals surface area contributed by atoms with Gasteiger partial charge in [-0.05, 0) is 37.3 Å². The van der Waals surface area contributed by atoms with E-state index in [2.05, 4.69) is 17.2 Å². The van der Waals surface area contributed by atoms with E-state index in [1.807, 2.05) is 0 Å². The summed E-state index contributed by atoms with van der Waals surface area (Å²) in [6.07, 6.45) is 7.37. The Morgan fingerprint density at radius 1 is 1.39 bits per heavy atom. The zero-order valence-electron chi connectivity index (χ0n) is 10.9. The number of hydrogen-bond acceptors (Lipinski definition) is 3. The van der Waals surface area contributed by atoms with Gasteiger partial charge in [0.15, 0.2) is 0 Å². The summed E-state index contributed by atoms with van der Waals surface area (Å²) in [5.74, 6) is 0.979. The average Bonchev–Trinajstić information content (AvgIpc) is 2.55. The molecule has 3 N–H and O–H groups in total. The quantitative estimate of drug-likeness (QED) is 0.788. The monoisotopic (exact) mass is 247 g/mol. The minimum absolute atomic E-state index is 0.0971. The van der Waals surface area contributed by atoms with Crippen molar-refractivity contribution in [3.8, 4) is 0 Å². The molecule has 1 aromatic rings. The van der Waals surface area contributed by atoms with Gasteiger partial charge in [-0.1, -0.05) is 19.8 Å². The number of carbonyl (C=O) groups excluding carboxylic acids is 1. The third-order valence-electron chi connectivity index (χ3n) is 3.68. The lowest BCUT2D eigenvalue weighted by atomic mass is 10.0. The van der Waals surface area contributed by atoms with Crippen molar-refractivity contribution in [3.05, 3.63) is 23.9 Å². The first kappa shape index (κ1) is 12.9. The highest BCUT2D eigenvalue weighted by molar-refractivity contribution is 5.98. The largest absolute Gasteiger partial charge is 0.383 e. The fourth-order valence-electron chi connectivity index (χ4n) is 2.50. The maximum Gasteiger partial charge on any atom is 0.255 e. The Kier molecular flexibility index (Phi) is 4.18. The van der Waals surface area contributed by atoms with E-state index in [0.29, 0.717) is 11.4 Å². The van der Waals surface area contributed by atoms with Crippen molar-refractivity contribution >= 4 is 11.7 Å². The molecule has 2 rings (SSSR count). The molecule has 98 valence electrons. The number of carbonyl (C=O) groups is 1. The molecular formula is C14H21N3O. The maximum atomic E-state index is 12.1. The molecule has 18 heavy (non-hydrogen) atoms. The van der Waals surface area contributed by atoms with E-state index >= 15 is 0 Å². The first-order valence-corrected chi connectivity index (χ1v) is 6.68. The number of nitrogens with two attached hydrogens (primary N) is 1. The van der Waals surface area contributed by atoms with Crippen LogP contribution < -0.4 is 11.1 Å². The average molecular weight is 247 g/mol. The summed E-state index contributed by atoms with van der Waals surface area (Å²) in [4.78, 5) is 16.0. The molecule has 0 aromatic carbocycles. The molecule has 2 atom stereocenters. The maximum absolute atomic E-state index is 12.1. The molecule has 0 aliphatic heterocycles. The van der Waals surface area contributed by atoms with Crippen LogP contribution in [0, 0.1) is 5.92 Å². The van der Waals surface area contributed by atoms with E-state index < -0.39 is 0 Å². The number of anilines is 1. The molecule has 1 fully saturated rings. The Bertz CT molecular complexity index is 419. The van der Waals surface area contributed by atoms with Crippen molar-refractivity contribution in [1.29, 1.82) is 0 Å². The van der Waals surface area contributed by atoms with Crippen molar-refractivity contribution in [3.63, 3.8) is 0 Å². The van der Waals surface area contributed by atoms with Crippen LogP contribution in [0.25, 0.3) is 0 Å². The number of amides is 1. The molecule has 4 heteroatoms. The van der Waals surface area contributed by atoms with Gasteiger partial charge in [0.1, 0.15) is 5.82 Å². The zero-order chi connectivity index (χ0) is 13.0. The SMILES string of the molecule is CC1CCCC(NC(=O)c2cccnc2N)CC1. The Hall–Kier alpha value is -1.58. The predicted octanol–water partition coefficient (Wildman–Crippen LogP) is 2.36. The summed E-state index contributed by atoms with van der Waals surface area (Å²) >= 11 is 0. The molecule has 1 aliphatic rings. The minimum Gasteiger partial charge on any atom is -0.383 e. The first-order valence-electron chi connectivity index (χ1n) is 6.68. The van der Waals surface area contributed by atoms with Crippen molar-refractivity contribution in [2.24, 2.45) is 5.92 Å². The van der Waals surface area contributed by atoms with E-state index in [0.717, 1.165) is 18.8 Å². The first-order chi connectivity index (χ1) is 8.66. The van der Waals surface area contributed by atoms with Crippen LogP contribution in [0.4, 0.5) is 5.82 Å². The number of nitrogens with one attached hydrogen (secondary N) is 1. The van der Waals surface area contributed by atoms with Gasteiger partial charge < -0.3 is 11.1 Å². The summed E-state index contributed by atoms with van der Waals surface area (Å²) in [5.41, 5.74) is 6.19. The summed E-state index contributed by atoms with van der Waals surface area (Å²) in [6.45, 7) is 2.28. The van der Waals surface area contributed by atoms with Gasteiger partial charge in [0.25, 0.3) is 5.91 Å². The molecular weight excluding hydrogens is 226 g/mol. The molecule has 1 amide bonds. The molecule has 1 aromatic heterocycles. The normalized spacial score (nSPS) is 24.3. The Morgan fingerprint density at radius 3 is 3.00 bits per heavy atom. The van der Waals surface area contributed by atoms with Gasteiger partial charge >= 0.3 is 0 Å². The number of pyridine rings is 1. The second kappa shape index (κ2) is 5.85. The summed E-state index contributed by atoms with van der Waals surface area (Å²) in [6, 6.07) is 3.74.